The normalized spacial score (nSPS) is 10.7. The van der Waals surface area contributed by atoms with Crippen molar-refractivity contribution in [1.29, 1.82) is 0 Å². The van der Waals surface area contributed by atoms with Crippen molar-refractivity contribution in [3.63, 3.8) is 0 Å². The van der Waals surface area contributed by atoms with E-state index in [4.69, 9.17) is 8.12 Å². The number of ketones is 2. The van der Waals surface area contributed by atoms with Crippen molar-refractivity contribution in [2.45, 2.75) is 47.5 Å². The number of aliphatic carboxylic acids is 2. The average molecular weight is 366 g/mol. The molecule has 2 atom stereocenters. The van der Waals surface area contributed by atoms with Crippen molar-refractivity contribution in [2.75, 3.05) is 0 Å². The van der Waals surface area contributed by atoms with Crippen LogP contribution in [-0.4, -0.2) is 29.8 Å². The van der Waals surface area contributed by atoms with Crippen molar-refractivity contribution in [3.8, 4) is 0 Å². The molecular formula is C14H22O8Ti. The Morgan fingerprint density at radius 2 is 1.04 bits per heavy atom. The molecule has 0 heterocycles. The van der Waals surface area contributed by atoms with Gasteiger partial charge in [-0.1, -0.05) is 13.8 Å². The fourth-order valence-electron chi connectivity index (χ4n) is 1.24. The second kappa shape index (κ2) is 20.5. The summed E-state index contributed by atoms with van der Waals surface area (Å²) in [6.45, 7) is 7.23. The summed E-state index contributed by atoms with van der Waals surface area (Å²) in [6, 6.07) is 0. The number of aldehydes is 1. The molecule has 0 aromatic rings. The molecule has 0 bridgehead atoms. The van der Waals surface area contributed by atoms with Crippen molar-refractivity contribution in [1.82, 2.24) is 0 Å². The van der Waals surface area contributed by atoms with Crippen molar-refractivity contribution < 1.29 is 57.9 Å². The quantitative estimate of drug-likeness (QED) is 0.323. The van der Waals surface area contributed by atoms with Crippen LogP contribution in [0.2, 0.25) is 0 Å². The number of carbonyl (C=O) groups is 5. The molecule has 0 radical (unpaired) electrons. The predicted octanol–water partition coefficient (Wildman–Crippen LogP) is -1.21. The van der Waals surface area contributed by atoms with Crippen LogP contribution in [0.5, 0.6) is 0 Å². The molecule has 0 aromatic carbocycles. The van der Waals surface area contributed by atoms with Gasteiger partial charge in [-0.05, 0) is 33.6 Å². The predicted molar refractivity (Wildman–Crippen MR) is 71.4 cm³/mol. The number of carboxylic acid groups (broad SMARTS) is 2. The average Bonchev–Trinajstić information content (AvgIpc) is 2.42. The van der Waals surface area contributed by atoms with Crippen LogP contribution in [0.15, 0.2) is 0 Å². The van der Waals surface area contributed by atoms with Crippen LogP contribution in [0.25, 0.3) is 0 Å². The topological polar surface area (TPSA) is 149 Å². The van der Waals surface area contributed by atoms with Crippen LogP contribution >= 0.6 is 0 Å². The van der Waals surface area contributed by atoms with E-state index in [2.05, 4.69) is 0 Å². The molecule has 130 valence electrons. The Bertz CT molecular complexity index is 321. The molecule has 8 nitrogen and oxygen atoms in total. The molecule has 0 spiro atoms. The third-order valence-electron chi connectivity index (χ3n) is 2.37. The van der Waals surface area contributed by atoms with Gasteiger partial charge < -0.3 is 24.6 Å². The van der Waals surface area contributed by atoms with Crippen LogP contribution in [0, 0.1) is 11.8 Å². The SMILES string of the molecule is CC=O.CCC(C(C)=O)C(=O)[O-].CCC(C(C)=O)C(=O)[O-].[O]=[Ti+2]. The van der Waals surface area contributed by atoms with E-state index in [1.807, 2.05) is 0 Å². The molecule has 23 heavy (non-hydrogen) atoms. The molecule has 9 heteroatoms. The number of carbonyl (C=O) groups excluding carboxylic acids is 5. The fourth-order valence-corrected chi connectivity index (χ4v) is 1.24. The first-order valence-electron chi connectivity index (χ1n) is 6.63. The van der Waals surface area contributed by atoms with Gasteiger partial charge in [0, 0.05) is 0 Å². The van der Waals surface area contributed by atoms with Gasteiger partial charge in [0.2, 0.25) is 0 Å². The molecule has 0 aliphatic carbocycles. The van der Waals surface area contributed by atoms with E-state index in [1.54, 1.807) is 13.8 Å². The standard InChI is InChI=1S/2C6H10O3.C2H4O.O.Ti/c2*1-3-5(4(2)7)6(8)9;1-2-3;;/h2*5H,3H2,1-2H3,(H,8,9);2H,1H3;;/q;;;;+2/p-2. The maximum absolute atomic E-state index is 10.4. The molecule has 0 rings (SSSR count). The van der Waals surface area contributed by atoms with Gasteiger partial charge in [0.1, 0.15) is 17.9 Å². The zero-order chi connectivity index (χ0) is 19.6. The van der Waals surface area contributed by atoms with Crippen molar-refractivity contribution >= 4 is 29.8 Å². The Morgan fingerprint density at radius 3 is 1.04 bits per heavy atom. The molecule has 0 fully saturated rings. The van der Waals surface area contributed by atoms with E-state index in [1.165, 1.54) is 20.8 Å². The summed E-state index contributed by atoms with van der Waals surface area (Å²) < 4.78 is 8.25. The second-order valence-corrected chi connectivity index (χ2v) is 4.02. The van der Waals surface area contributed by atoms with E-state index < -0.39 is 23.8 Å². The summed E-state index contributed by atoms with van der Waals surface area (Å²) in [5.41, 5.74) is 0. The number of carboxylic acids is 2. The summed E-state index contributed by atoms with van der Waals surface area (Å²) >= 11 is 0.750. The van der Waals surface area contributed by atoms with Crippen LogP contribution in [0.4, 0.5) is 0 Å². The summed E-state index contributed by atoms with van der Waals surface area (Å²) in [5, 5.41) is 20.1. The van der Waals surface area contributed by atoms with E-state index in [9.17, 15) is 29.4 Å². The Labute approximate surface area is 147 Å². The van der Waals surface area contributed by atoms with Gasteiger partial charge in [-0.3, -0.25) is 9.59 Å². The van der Waals surface area contributed by atoms with E-state index in [0.717, 1.165) is 26.7 Å². The van der Waals surface area contributed by atoms with Crippen LogP contribution in [-0.2, 0) is 47.7 Å². The van der Waals surface area contributed by atoms with E-state index >= 15 is 0 Å². The van der Waals surface area contributed by atoms with Crippen molar-refractivity contribution in [2.24, 2.45) is 11.8 Å². The number of Topliss-reactive ketones (excluding diaryl/α,β-unsaturated/α-hetero) is 2. The monoisotopic (exact) mass is 366 g/mol. The maximum atomic E-state index is 10.4. The van der Waals surface area contributed by atoms with Gasteiger partial charge in [0.25, 0.3) is 0 Å². The summed E-state index contributed by atoms with van der Waals surface area (Å²) in [4.78, 5) is 49.7. The van der Waals surface area contributed by atoms with Crippen molar-refractivity contribution in [3.05, 3.63) is 0 Å². The zero-order valence-corrected chi connectivity index (χ0v) is 15.5. The van der Waals surface area contributed by atoms with Gasteiger partial charge in [-0.15, -0.1) is 0 Å². The second-order valence-electron chi connectivity index (χ2n) is 4.02. The zero-order valence-electron chi connectivity index (χ0n) is 13.9. The molecule has 0 aliphatic rings. The van der Waals surface area contributed by atoms with Gasteiger partial charge >= 0.3 is 23.7 Å². The van der Waals surface area contributed by atoms with E-state index in [0.29, 0.717) is 12.8 Å². The van der Waals surface area contributed by atoms with E-state index in [-0.39, 0.29) is 11.6 Å². The number of hydrogen-bond acceptors (Lipinski definition) is 8. The van der Waals surface area contributed by atoms with Gasteiger partial charge in [0.05, 0.1) is 23.8 Å². The molecule has 0 aromatic heterocycles. The number of hydrogen-bond donors (Lipinski definition) is 0. The molecule has 0 amide bonds. The molecule has 0 saturated carbocycles. The van der Waals surface area contributed by atoms with Gasteiger partial charge in [-0.2, -0.15) is 0 Å². The Hall–Kier alpha value is -1.54. The number of rotatable bonds is 6. The first-order valence-corrected chi connectivity index (χ1v) is 7.26. The minimum atomic E-state index is -1.27. The molecule has 0 saturated heterocycles. The first kappa shape index (κ1) is 29.5. The van der Waals surface area contributed by atoms with Gasteiger partial charge in [-0.25, -0.2) is 0 Å². The summed E-state index contributed by atoms with van der Waals surface area (Å²) in [7, 11) is 0. The summed E-state index contributed by atoms with van der Waals surface area (Å²) in [5.74, 6) is -5.04. The Balaban J connectivity index is -0.000000123. The van der Waals surface area contributed by atoms with Crippen LogP contribution in [0.3, 0.4) is 0 Å². The molecule has 0 N–H and O–H groups in total. The Morgan fingerprint density at radius 1 is 0.870 bits per heavy atom. The van der Waals surface area contributed by atoms with Crippen LogP contribution in [0.1, 0.15) is 47.5 Å². The fraction of sp³-hybridized carbons (Fsp3) is 0.643. The minimum absolute atomic E-state index is 0.317. The molecule has 0 aliphatic heterocycles. The first-order chi connectivity index (χ1) is 10.6. The van der Waals surface area contributed by atoms with Crippen LogP contribution < -0.4 is 10.2 Å². The molecular weight excluding hydrogens is 344 g/mol. The Kier molecular flexibility index (Phi) is 26.2. The third-order valence-corrected chi connectivity index (χ3v) is 2.37. The molecule has 2 unspecified atom stereocenters. The third kappa shape index (κ3) is 20.5. The summed E-state index contributed by atoms with van der Waals surface area (Å²) in [6.07, 6.45) is 1.38. The van der Waals surface area contributed by atoms with Gasteiger partial charge in [0.15, 0.2) is 0 Å².